The molecule has 1 aromatic carbocycles. The number of anilines is 1. The molecule has 0 radical (unpaired) electrons. The maximum atomic E-state index is 6.58. The number of piperazine rings is 1. The molecular weight excluding hydrogens is 527 g/mol. The summed E-state index contributed by atoms with van der Waals surface area (Å²) in [5.74, 6) is 1.66. The Kier molecular flexibility index (Phi) is 10.4. The molecule has 0 spiro atoms. The molecule has 2 aromatic rings. The molecule has 1 fully saturated rings. The maximum Gasteiger partial charge on any atom is 0.191 e. The molecule has 2 N–H and O–H groups in total. The van der Waals surface area contributed by atoms with E-state index in [1.54, 1.807) is 7.05 Å². The van der Waals surface area contributed by atoms with E-state index in [0.717, 1.165) is 72.6 Å². The van der Waals surface area contributed by atoms with E-state index in [1.165, 1.54) is 5.69 Å². The van der Waals surface area contributed by atoms with Crippen LogP contribution in [-0.4, -0.2) is 56.3 Å². The van der Waals surface area contributed by atoms with Crippen LogP contribution < -0.4 is 15.5 Å². The van der Waals surface area contributed by atoms with E-state index in [-0.39, 0.29) is 24.0 Å². The van der Waals surface area contributed by atoms with Crippen LogP contribution in [0.15, 0.2) is 27.7 Å². The molecule has 0 bridgehead atoms. The van der Waals surface area contributed by atoms with Crippen molar-refractivity contribution in [2.45, 2.75) is 39.8 Å². The Morgan fingerprint density at radius 2 is 1.77 bits per heavy atom. The second-order valence-electron chi connectivity index (χ2n) is 7.55. The van der Waals surface area contributed by atoms with Crippen molar-refractivity contribution in [3.63, 3.8) is 0 Å². The van der Waals surface area contributed by atoms with Gasteiger partial charge in [-0.1, -0.05) is 36.7 Å². The lowest BCUT2D eigenvalue weighted by atomic mass is 10.1. The Bertz CT molecular complexity index is 842. The standard InChI is InChI=1S/C22H33ClN6O.HI/c1-5-19-17(21(6-2)30-27-19)15-26-22(24-3)25-14-16-18(23)8-7-9-20(16)29-12-10-28(4)11-13-29;/h7-9H,5-6,10-15H2,1-4H3,(H2,24,25,26);1H. The number of aromatic nitrogens is 1. The van der Waals surface area contributed by atoms with Gasteiger partial charge in [-0.3, -0.25) is 4.99 Å². The van der Waals surface area contributed by atoms with Crippen molar-refractivity contribution < 1.29 is 4.52 Å². The highest BCUT2D eigenvalue weighted by molar-refractivity contribution is 14.0. The highest BCUT2D eigenvalue weighted by Gasteiger charge is 2.19. The van der Waals surface area contributed by atoms with Gasteiger partial charge in [-0.05, 0) is 25.6 Å². The first-order chi connectivity index (χ1) is 14.6. The summed E-state index contributed by atoms with van der Waals surface area (Å²) in [6, 6.07) is 6.13. The minimum Gasteiger partial charge on any atom is -0.369 e. The third-order valence-electron chi connectivity index (χ3n) is 5.63. The number of hydrogen-bond acceptors (Lipinski definition) is 5. The van der Waals surface area contributed by atoms with Gasteiger partial charge < -0.3 is 25.0 Å². The molecule has 0 atom stereocenters. The molecule has 0 aliphatic carbocycles. The zero-order chi connectivity index (χ0) is 21.5. The Hall–Kier alpha value is -1.52. The smallest absolute Gasteiger partial charge is 0.191 e. The molecule has 9 heteroatoms. The van der Waals surface area contributed by atoms with Crippen LogP contribution in [0.1, 0.15) is 36.4 Å². The number of rotatable bonds is 7. The van der Waals surface area contributed by atoms with Crippen molar-refractivity contribution >= 4 is 47.2 Å². The molecule has 0 saturated carbocycles. The third-order valence-corrected chi connectivity index (χ3v) is 5.99. The number of halogens is 2. The lowest BCUT2D eigenvalue weighted by Gasteiger charge is -2.35. The van der Waals surface area contributed by atoms with Crippen LogP contribution in [0.5, 0.6) is 0 Å². The van der Waals surface area contributed by atoms with Gasteiger partial charge in [0.05, 0.1) is 5.69 Å². The van der Waals surface area contributed by atoms with E-state index in [2.05, 4.69) is 57.5 Å². The van der Waals surface area contributed by atoms with Gasteiger partial charge in [0.2, 0.25) is 0 Å². The van der Waals surface area contributed by atoms with Crippen LogP contribution in [0, 0.1) is 0 Å². The number of likely N-dealkylation sites (N-methyl/N-ethyl adjacent to an activating group) is 1. The first-order valence-corrected chi connectivity index (χ1v) is 11.1. The lowest BCUT2D eigenvalue weighted by Crippen LogP contribution is -2.45. The van der Waals surface area contributed by atoms with Gasteiger partial charge in [-0.2, -0.15) is 0 Å². The summed E-state index contributed by atoms with van der Waals surface area (Å²) in [6.07, 6.45) is 1.67. The SMILES string of the molecule is CCc1noc(CC)c1CNC(=NC)NCc1c(Cl)cccc1N1CCN(C)CC1.I. The molecule has 0 unspecified atom stereocenters. The minimum absolute atomic E-state index is 0. The second kappa shape index (κ2) is 12.5. The molecule has 1 aliphatic rings. The van der Waals surface area contributed by atoms with Gasteiger partial charge in [0.1, 0.15) is 5.76 Å². The van der Waals surface area contributed by atoms with E-state index in [1.807, 2.05) is 12.1 Å². The normalized spacial score (nSPS) is 15.0. The van der Waals surface area contributed by atoms with Gasteiger partial charge >= 0.3 is 0 Å². The van der Waals surface area contributed by atoms with Crippen molar-refractivity contribution in [2.75, 3.05) is 45.2 Å². The fourth-order valence-corrected chi connectivity index (χ4v) is 4.00. The first-order valence-electron chi connectivity index (χ1n) is 10.7. The summed E-state index contributed by atoms with van der Waals surface area (Å²) < 4.78 is 5.46. The topological polar surface area (TPSA) is 68.9 Å². The summed E-state index contributed by atoms with van der Waals surface area (Å²) in [6.45, 7) is 9.52. The van der Waals surface area contributed by atoms with Crippen molar-refractivity contribution in [2.24, 2.45) is 4.99 Å². The van der Waals surface area contributed by atoms with Crippen LogP contribution in [-0.2, 0) is 25.9 Å². The molecule has 1 aliphatic heterocycles. The van der Waals surface area contributed by atoms with Gasteiger partial charge in [-0.15, -0.1) is 24.0 Å². The van der Waals surface area contributed by atoms with E-state index < -0.39 is 0 Å². The fourth-order valence-electron chi connectivity index (χ4n) is 3.77. The average Bonchev–Trinajstić information content (AvgIpc) is 3.17. The maximum absolute atomic E-state index is 6.58. The van der Waals surface area contributed by atoms with Gasteiger partial charge in [-0.25, -0.2) is 0 Å². The molecule has 0 amide bonds. The molecule has 7 nitrogen and oxygen atoms in total. The average molecular weight is 561 g/mol. The number of benzene rings is 1. The quantitative estimate of drug-likeness (QED) is 0.306. The van der Waals surface area contributed by atoms with E-state index in [0.29, 0.717) is 13.1 Å². The van der Waals surface area contributed by atoms with E-state index in [4.69, 9.17) is 16.1 Å². The van der Waals surface area contributed by atoms with Crippen LogP contribution in [0.25, 0.3) is 0 Å². The summed E-state index contributed by atoms with van der Waals surface area (Å²) in [4.78, 5) is 9.14. The highest BCUT2D eigenvalue weighted by atomic mass is 127. The number of aliphatic imine (C=N–C) groups is 1. The number of nitrogens with one attached hydrogen (secondary N) is 2. The van der Waals surface area contributed by atoms with Crippen molar-refractivity contribution in [1.82, 2.24) is 20.7 Å². The van der Waals surface area contributed by atoms with E-state index >= 15 is 0 Å². The lowest BCUT2D eigenvalue weighted by molar-refractivity contribution is 0.312. The van der Waals surface area contributed by atoms with Crippen LogP contribution >= 0.6 is 35.6 Å². The number of nitrogens with zero attached hydrogens (tertiary/aromatic N) is 4. The zero-order valence-corrected chi connectivity index (χ0v) is 22.0. The Morgan fingerprint density at radius 3 is 2.39 bits per heavy atom. The molecule has 3 rings (SSSR count). The van der Waals surface area contributed by atoms with Crippen molar-refractivity contribution in [1.29, 1.82) is 0 Å². The Balaban J connectivity index is 0.00000341. The molecule has 31 heavy (non-hydrogen) atoms. The number of aryl methyl sites for hydroxylation is 2. The molecular formula is C22H34ClIN6O. The van der Waals surface area contributed by atoms with Gasteiger partial charge in [0.25, 0.3) is 0 Å². The van der Waals surface area contributed by atoms with Crippen LogP contribution in [0.2, 0.25) is 5.02 Å². The summed E-state index contributed by atoms with van der Waals surface area (Å²) in [7, 11) is 3.94. The summed E-state index contributed by atoms with van der Waals surface area (Å²) in [5, 5.41) is 11.8. The minimum atomic E-state index is 0. The van der Waals surface area contributed by atoms with E-state index in [9.17, 15) is 0 Å². The van der Waals surface area contributed by atoms with Gasteiger partial charge in [0.15, 0.2) is 5.96 Å². The van der Waals surface area contributed by atoms with Crippen molar-refractivity contribution in [3.8, 4) is 0 Å². The summed E-state index contributed by atoms with van der Waals surface area (Å²) >= 11 is 6.58. The largest absolute Gasteiger partial charge is 0.369 e. The molecule has 1 saturated heterocycles. The Morgan fingerprint density at radius 1 is 1.10 bits per heavy atom. The zero-order valence-electron chi connectivity index (χ0n) is 18.9. The monoisotopic (exact) mass is 560 g/mol. The predicted molar refractivity (Wildman–Crippen MR) is 139 cm³/mol. The fraction of sp³-hybridized carbons (Fsp3) is 0.545. The van der Waals surface area contributed by atoms with Gasteiger partial charge in [0, 0.05) is 74.6 Å². The molecule has 2 heterocycles. The number of hydrogen-bond donors (Lipinski definition) is 2. The highest BCUT2D eigenvalue weighted by Crippen LogP contribution is 2.28. The first kappa shape index (κ1) is 25.7. The number of guanidine groups is 1. The second-order valence-corrected chi connectivity index (χ2v) is 7.95. The molecule has 1 aromatic heterocycles. The molecule has 172 valence electrons. The predicted octanol–water partition coefficient (Wildman–Crippen LogP) is 3.69. The van der Waals surface area contributed by atoms with Crippen LogP contribution in [0.3, 0.4) is 0 Å². The van der Waals surface area contributed by atoms with Crippen molar-refractivity contribution in [3.05, 3.63) is 45.8 Å². The third kappa shape index (κ3) is 6.49. The Labute approximate surface area is 207 Å². The van der Waals surface area contributed by atoms with Crippen LogP contribution in [0.4, 0.5) is 5.69 Å². The summed E-state index contributed by atoms with van der Waals surface area (Å²) in [5.41, 5.74) is 4.41.